The maximum Gasteiger partial charge on any atom is 0.331 e. The zero-order chi connectivity index (χ0) is 15.4. The summed E-state index contributed by atoms with van der Waals surface area (Å²) in [5, 5.41) is 0. The van der Waals surface area contributed by atoms with Gasteiger partial charge in [0.2, 0.25) is 0 Å². The van der Waals surface area contributed by atoms with E-state index in [0.717, 1.165) is 51.4 Å². The third-order valence-electron chi connectivity index (χ3n) is 5.28. The Labute approximate surface area is 133 Å². The molecule has 4 heteroatoms. The van der Waals surface area contributed by atoms with Gasteiger partial charge in [-0.05, 0) is 50.0 Å². The summed E-state index contributed by atoms with van der Waals surface area (Å²) in [5.41, 5.74) is 1.20. The van der Waals surface area contributed by atoms with E-state index in [2.05, 4.69) is 24.3 Å². The van der Waals surface area contributed by atoms with E-state index in [1.807, 2.05) is 6.07 Å². The van der Waals surface area contributed by atoms with Crippen LogP contribution < -0.4 is 0 Å². The molecule has 1 unspecified atom stereocenters. The van der Waals surface area contributed by atoms with Crippen molar-refractivity contribution >= 4 is 7.60 Å². The quantitative estimate of drug-likeness (QED) is 0.770. The average molecular weight is 322 g/mol. The summed E-state index contributed by atoms with van der Waals surface area (Å²) in [6.07, 6.45) is 9.00. The molecule has 0 heterocycles. The van der Waals surface area contributed by atoms with Crippen molar-refractivity contribution in [1.29, 1.82) is 0 Å². The first-order valence-electron chi connectivity index (χ1n) is 8.71. The SMILES string of the molecule is O=P(O)(OC1CCCCC1)C1CCC(c2ccccc2)CC1. The maximum absolute atomic E-state index is 12.6. The predicted octanol–water partition coefficient (Wildman–Crippen LogP) is 5.25. The Bertz CT molecular complexity index is 502. The van der Waals surface area contributed by atoms with Crippen LogP contribution in [0.3, 0.4) is 0 Å². The highest BCUT2D eigenvalue weighted by Gasteiger charge is 2.38. The Morgan fingerprint density at radius 1 is 0.909 bits per heavy atom. The Hall–Kier alpha value is -0.630. The van der Waals surface area contributed by atoms with Gasteiger partial charge in [0.05, 0.1) is 11.8 Å². The van der Waals surface area contributed by atoms with Crippen LogP contribution in [0.1, 0.15) is 69.3 Å². The van der Waals surface area contributed by atoms with Gasteiger partial charge < -0.3 is 9.42 Å². The molecule has 0 radical (unpaired) electrons. The molecule has 0 bridgehead atoms. The lowest BCUT2D eigenvalue weighted by Gasteiger charge is -2.33. The fraction of sp³-hybridized carbons (Fsp3) is 0.667. The summed E-state index contributed by atoms with van der Waals surface area (Å²) in [4.78, 5) is 10.4. The van der Waals surface area contributed by atoms with E-state index in [4.69, 9.17) is 4.52 Å². The molecule has 3 nitrogen and oxygen atoms in total. The van der Waals surface area contributed by atoms with Gasteiger partial charge in [0, 0.05) is 0 Å². The first-order chi connectivity index (χ1) is 10.6. The van der Waals surface area contributed by atoms with Crippen molar-refractivity contribution in [2.75, 3.05) is 0 Å². The normalized spacial score (nSPS) is 29.9. The summed E-state index contributed by atoms with van der Waals surface area (Å²) in [5.74, 6) is 0.534. The van der Waals surface area contributed by atoms with Crippen LogP contribution in [0.5, 0.6) is 0 Å². The Morgan fingerprint density at radius 3 is 2.18 bits per heavy atom. The smallest absolute Gasteiger partial charge is 0.324 e. The van der Waals surface area contributed by atoms with Crippen molar-refractivity contribution in [3.8, 4) is 0 Å². The van der Waals surface area contributed by atoms with Gasteiger partial charge in [-0.1, -0.05) is 49.6 Å². The highest BCUT2D eigenvalue weighted by molar-refractivity contribution is 7.53. The van der Waals surface area contributed by atoms with Crippen molar-refractivity contribution < 1.29 is 14.0 Å². The lowest BCUT2D eigenvalue weighted by Crippen LogP contribution is -2.23. The molecule has 1 aromatic rings. The molecule has 2 aliphatic carbocycles. The van der Waals surface area contributed by atoms with Crippen molar-refractivity contribution in [2.24, 2.45) is 0 Å². The molecule has 0 aliphatic heterocycles. The summed E-state index contributed by atoms with van der Waals surface area (Å²) in [7, 11) is -3.45. The number of hydrogen-bond acceptors (Lipinski definition) is 2. The molecule has 0 spiro atoms. The van der Waals surface area contributed by atoms with Crippen LogP contribution in [0.2, 0.25) is 0 Å². The molecule has 22 heavy (non-hydrogen) atoms. The summed E-state index contributed by atoms with van der Waals surface area (Å²) in [6.45, 7) is 0. The van der Waals surface area contributed by atoms with E-state index in [1.165, 1.54) is 12.0 Å². The van der Waals surface area contributed by atoms with Crippen molar-refractivity contribution in [1.82, 2.24) is 0 Å². The van der Waals surface area contributed by atoms with E-state index in [0.29, 0.717) is 5.92 Å². The summed E-state index contributed by atoms with van der Waals surface area (Å²) in [6, 6.07) is 10.5. The van der Waals surface area contributed by atoms with Gasteiger partial charge >= 0.3 is 7.60 Å². The van der Waals surface area contributed by atoms with Crippen LogP contribution in [0.25, 0.3) is 0 Å². The maximum atomic E-state index is 12.6. The van der Waals surface area contributed by atoms with Gasteiger partial charge in [-0.25, -0.2) is 0 Å². The Morgan fingerprint density at radius 2 is 1.55 bits per heavy atom. The minimum absolute atomic E-state index is 0.0106. The van der Waals surface area contributed by atoms with Gasteiger partial charge in [-0.3, -0.25) is 4.57 Å². The summed E-state index contributed by atoms with van der Waals surface area (Å²) >= 11 is 0. The largest absolute Gasteiger partial charge is 0.331 e. The van der Waals surface area contributed by atoms with Crippen LogP contribution in [-0.4, -0.2) is 16.7 Å². The fourth-order valence-corrected chi connectivity index (χ4v) is 5.69. The molecular formula is C18H27O3P. The molecule has 1 N–H and O–H groups in total. The van der Waals surface area contributed by atoms with Crippen LogP contribution >= 0.6 is 7.60 Å². The van der Waals surface area contributed by atoms with Crippen LogP contribution in [0, 0.1) is 0 Å². The molecule has 122 valence electrons. The zero-order valence-corrected chi connectivity index (χ0v) is 14.1. The standard InChI is InChI=1S/C18H27O3P/c19-22(20,21-17-9-5-2-6-10-17)18-13-11-16(12-14-18)15-7-3-1-4-8-15/h1,3-4,7-8,16-18H,2,5-6,9-14H2,(H,19,20). The fourth-order valence-electron chi connectivity index (χ4n) is 3.93. The Balaban J connectivity index is 1.54. The molecule has 0 saturated heterocycles. The van der Waals surface area contributed by atoms with Crippen LogP contribution in [0.4, 0.5) is 0 Å². The van der Waals surface area contributed by atoms with E-state index in [-0.39, 0.29) is 11.8 Å². The molecular weight excluding hydrogens is 295 g/mol. The lowest BCUT2D eigenvalue weighted by atomic mass is 9.84. The minimum Gasteiger partial charge on any atom is -0.324 e. The van der Waals surface area contributed by atoms with Crippen molar-refractivity contribution in [2.45, 2.75) is 75.5 Å². The minimum atomic E-state index is -3.45. The molecule has 0 amide bonds. The van der Waals surface area contributed by atoms with E-state index >= 15 is 0 Å². The first-order valence-corrected chi connectivity index (χ1v) is 10.4. The highest BCUT2D eigenvalue weighted by Crippen LogP contribution is 2.56. The third kappa shape index (κ3) is 4.01. The van der Waals surface area contributed by atoms with Gasteiger partial charge in [0.25, 0.3) is 0 Å². The zero-order valence-electron chi connectivity index (χ0n) is 13.2. The topological polar surface area (TPSA) is 46.5 Å². The first kappa shape index (κ1) is 16.2. The molecule has 2 saturated carbocycles. The third-order valence-corrected chi connectivity index (χ3v) is 7.32. The predicted molar refractivity (Wildman–Crippen MR) is 89.2 cm³/mol. The average Bonchev–Trinajstić information content (AvgIpc) is 2.56. The lowest BCUT2D eigenvalue weighted by molar-refractivity contribution is 0.128. The van der Waals surface area contributed by atoms with Crippen LogP contribution in [0.15, 0.2) is 30.3 Å². The van der Waals surface area contributed by atoms with Gasteiger partial charge in [0.1, 0.15) is 0 Å². The van der Waals surface area contributed by atoms with E-state index in [1.54, 1.807) is 0 Å². The number of rotatable bonds is 4. The monoisotopic (exact) mass is 322 g/mol. The number of benzene rings is 1. The molecule has 2 aliphatic rings. The molecule has 1 aromatic carbocycles. The van der Waals surface area contributed by atoms with Gasteiger partial charge in [-0.2, -0.15) is 0 Å². The van der Waals surface area contributed by atoms with Crippen molar-refractivity contribution in [3.05, 3.63) is 35.9 Å². The van der Waals surface area contributed by atoms with Gasteiger partial charge in [0.15, 0.2) is 0 Å². The summed E-state index contributed by atoms with van der Waals surface area (Å²) < 4.78 is 18.3. The molecule has 3 rings (SSSR count). The van der Waals surface area contributed by atoms with E-state index < -0.39 is 7.60 Å². The molecule has 1 atom stereocenters. The van der Waals surface area contributed by atoms with Crippen LogP contribution in [-0.2, 0) is 9.09 Å². The van der Waals surface area contributed by atoms with Crippen molar-refractivity contribution in [3.63, 3.8) is 0 Å². The Kier molecular flexibility index (Phi) is 5.38. The molecule has 0 aromatic heterocycles. The number of hydrogen-bond donors (Lipinski definition) is 1. The second-order valence-electron chi connectivity index (χ2n) is 6.85. The van der Waals surface area contributed by atoms with Gasteiger partial charge in [-0.15, -0.1) is 0 Å². The molecule has 2 fully saturated rings. The highest BCUT2D eigenvalue weighted by atomic mass is 31.2. The second-order valence-corrected chi connectivity index (χ2v) is 8.92. The van der Waals surface area contributed by atoms with E-state index in [9.17, 15) is 9.46 Å². The second kappa shape index (κ2) is 7.29.